The van der Waals surface area contributed by atoms with Crippen LogP contribution in [0.2, 0.25) is 0 Å². The highest BCUT2D eigenvalue weighted by Crippen LogP contribution is 2.14. The highest BCUT2D eigenvalue weighted by molar-refractivity contribution is 7.98. The molecule has 0 saturated heterocycles. The predicted molar refractivity (Wildman–Crippen MR) is 57.6 cm³/mol. The Hall–Kier alpha value is -1.72. The van der Waals surface area contributed by atoms with Crippen LogP contribution in [0.25, 0.3) is 16.1 Å². The molecule has 0 atom stereocenters. The van der Waals surface area contributed by atoms with Gasteiger partial charge in [0.2, 0.25) is 0 Å². The van der Waals surface area contributed by atoms with Crippen LogP contribution in [0.3, 0.4) is 0 Å². The third-order valence-electron chi connectivity index (χ3n) is 1.88. The molecular formula is C8H8N6S. The van der Waals surface area contributed by atoms with Gasteiger partial charge in [-0.1, -0.05) is 16.9 Å². The standard InChI is InChI=1S/C8H8N6S/c1-15-8-10-3-2-7-12-6(4-11-13-9)5-14(7)8/h2-3,5H,4H2,1H3. The summed E-state index contributed by atoms with van der Waals surface area (Å²) in [6, 6.07) is 1.82. The van der Waals surface area contributed by atoms with Crippen molar-refractivity contribution in [3.63, 3.8) is 0 Å². The normalized spacial score (nSPS) is 10.2. The Morgan fingerprint density at radius 1 is 1.67 bits per heavy atom. The van der Waals surface area contributed by atoms with E-state index in [2.05, 4.69) is 20.0 Å². The molecule has 0 saturated carbocycles. The summed E-state index contributed by atoms with van der Waals surface area (Å²) in [6.45, 7) is 0.270. The monoisotopic (exact) mass is 220 g/mol. The van der Waals surface area contributed by atoms with Crippen LogP contribution in [0.4, 0.5) is 0 Å². The van der Waals surface area contributed by atoms with Crippen LogP contribution in [0.15, 0.2) is 28.7 Å². The van der Waals surface area contributed by atoms with E-state index in [9.17, 15) is 0 Å². The maximum absolute atomic E-state index is 8.21. The van der Waals surface area contributed by atoms with E-state index < -0.39 is 0 Å². The van der Waals surface area contributed by atoms with Gasteiger partial charge in [0.05, 0.1) is 12.2 Å². The van der Waals surface area contributed by atoms with E-state index >= 15 is 0 Å². The summed E-state index contributed by atoms with van der Waals surface area (Å²) < 4.78 is 1.88. The van der Waals surface area contributed by atoms with E-state index in [0.717, 1.165) is 16.5 Å². The predicted octanol–water partition coefficient (Wildman–Crippen LogP) is 2.26. The molecule has 0 aliphatic rings. The van der Waals surface area contributed by atoms with E-state index in [1.54, 1.807) is 18.0 Å². The molecule has 0 spiro atoms. The van der Waals surface area contributed by atoms with Gasteiger partial charge in [0.15, 0.2) is 5.16 Å². The number of hydrogen-bond acceptors (Lipinski definition) is 4. The third kappa shape index (κ3) is 1.88. The first-order valence-corrected chi connectivity index (χ1v) is 5.45. The Morgan fingerprint density at radius 2 is 2.53 bits per heavy atom. The number of azide groups is 1. The lowest BCUT2D eigenvalue weighted by molar-refractivity contribution is 0.901. The van der Waals surface area contributed by atoms with E-state index in [0.29, 0.717) is 0 Å². The van der Waals surface area contributed by atoms with Gasteiger partial charge in [-0.2, -0.15) is 0 Å². The Balaban J connectivity index is 2.49. The lowest BCUT2D eigenvalue weighted by Gasteiger charge is -1.97. The maximum atomic E-state index is 8.21. The first-order valence-electron chi connectivity index (χ1n) is 4.23. The second-order valence-electron chi connectivity index (χ2n) is 2.78. The Morgan fingerprint density at radius 3 is 3.27 bits per heavy atom. The topological polar surface area (TPSA) is 79.0 Å². The molecule has 15 heavy (non-hydrogen) atoms. The number of nitrogens with zero attached hydrogens (tertiary/aromatic N) is 6. The Labute approximate surface area is 90.0 Å². The summed E-state index contributed by atoms with van der Waals surface area (Å²) in [4.78, 5) is 11.2. The van der Waals surface area contributed by atoms with Crippen LogP contribution in [0.1, 0.15) is 5.69 Å². The smallest absolute Gasteiger partial charge is 0.173 e. The number of imidazole rings is 1. The fourth-order valence-electron chi connectivity index (χ4n) is 1.28. The van der Waals surface area contributed by atoms with Crippen LogP contribution in [-0.4, -0.2) is 20.6 Å². The minimum Gasteiger partial charge on any atom is -0.279 e. The molecule has 6 nitrogen and oxygen atoms in total. The zero-order chi connectivity index (χ0) is 10.7. The number of thioether (sulfide) groups is 1. The van der Waals surface area contributed by atoms with E-state index in [-0.39, 0.29) is 6.54 Å². The minimum atomic E-state index is 0.270. The maximum Gasteiger partial charge on any atom is 0.173 e. The van der Waals surface area contributed by atoms with Gasteiger partial charge in [-0.15, -0.1) is 0 Å². The Kier molecular flexibility index (Phi) is 2.75. The molecular weight excluding hydrogens is 212 g/mol. The van der Waals surface area contributed by atoms with Crippen molar-refractivity contribution in [1.82, 2.24) is 14.4 Å². The molecule has 0 radical (unpaired) electrons. The van der Waals surface area contributed by atoms with Gasteiger partial charge in [-0.3, -0.25) is 4.40 Å². The third-order valence-corrected chi connectivity index (χ3v) is 2.54. The number of aromatic nitrogens is 3. The van der Waals surface area contributed by atoms with Crippen molar-refractivity contribution in [2.45, 2.75) is 11.7 Å². The van der Waals surface area contributed by atoms with Crippen molar-refractivity contribution >= 4 is 17.4 Å². The first kappa shape index (κ1) is 9.82. The van der Waals surface area contributed by atoms with Crippen molar-refractivity contribution in [2.24, 2.45) is 5.11 Å². The molecule has 0 aromatic carbocycles. The molecule has 7 heteroatoms. The van der Waals surface area contributed by atoms with Gasteiger partial charge in [-0.05, 0) is 17.9 Å². The minimum absolute atomic E-state index is 0.270. The second kappa shape index (κ2) is 4.20. The lowest BCUT2D eigenvalue weighted by Crippen LogP contribution is -1.90. The average molecular weight is 220 g/mol. The summed E-state index contributed by atoms with van der Waals surface area (Å²) in [5.74, 6) is 0. The van der Waals surface area contributed by atoms with Crippen molar-refractivity contribution in [3.8, 4) is 0 Å². The SMILES string of the molecule is CSc1nccc2nc(CN=[N+]=[N-])cn12. The summed E-state index contributed by atoms with van der Waals surface area (Å²) in [5.41, 5.74) is 9.77. The van der Waals surface area contributed by atoms with Gasteiger partial charge in [0.25, 0.3) is 0 Å². The summed E-state index contributed by atoms with van der Waals surface area (Å²) in [5, 5.41) is 4.34. The van der Waals surface area contributed by atoms with Crippen LogP contribution < -0.4 is 0 Å². The van der Waals surface area contributed by atoms with Crippen LogP contribution in [-0.2, 0) is 6.54 Å². The zero-order valence-electron chi connectivity index (χ0n) is 8.03. The van der Waals surface area contributed by atoms with Gasteiger partial charge in [0, 0.05) is 17.3 Å². The van der Waals surface area contributed by atoms with Crippen molar-refractivity contribution in [1.29, 1.82) is 0 Å². The van der Waals surface area contributed by atoms with Gasteiger partial charge >= 0.3 is 0 Å². The molecule has 0 aliphatic heterocycles. The van der Waals surface area contributed by atoms with Crippen LogP contribution in [0.5, 0.6) is 0 Å². The van der Waals surface area contributed by atoms with Crippen LogP contribution in [0, 0.1) is 0 Å². The van der Waals surface area contributed by atoms with E-state index in [1.165, 1.54) is 0 Å². The number of fused-ring (bicyclic) bond motifs is 1. The molecule has 2 rings (SSSR count). The fraction of sp³-hybridized carbons (Fsp3) is 0.250. The van der Waals surface area contributed by atoms with Crippen LogP contribution >= 0.6 is 11.8 Å². The molecule has 0 aliphatic carbocycles. The van der Waals surface area contributed by atoms with Gasteiger partial charge < -0.3 is 0 Å². The molecule has 2 aromatic heterocycles. The molecule has 0 N–H and O–H groups in total. The average Bonchev–Trinajstić information content (AvgIpc) is 2.68. The van der Waals surface area contributed by atoms with E-state index in [1.807, 2.05) is 22.9 Å². The summed E-state index contributed by atoms with van der Waals surface area (Å²) >= 11 is 1.54. The molecule has 2 heterocycles. The molecule has 0 bridgehead atoms. The highest BCUT2D eigenvalue weighted by atomic mass is 32.2. The second-order valence-corrected chi connectivity index (χ2v) is 3.55. The summed E-state index contributed by atoms with van der Waals surface area (Å²) in [7, 11) is 0. The van der Waals surface area contributed by atoms with Gasteiger partial charge in [0.1, 0.15) is 5.65 Å². The molecule has 0 fully saturated rings. The quantitative estimate of drug-likeness (QED) is 0.261. The van der Waals surface area contributed by atoms with E-state index in [4.69, 9.17) is 5.53 Å². The van der Waals surface area contributed by atoms with Crippen molar-refractivity contribution in [3.05, 3.63) is 34.6 Å². The first-order chi connectivity index (χ1) is 7.35. The largest absolute Gasteiger partial charge is 0.279 e. The molecule has 2 aromatic rings. The lowest BCUT2D eigenvalue weighted by atomic mass is 10.5. The Bertz CT molecular complexity index is 527. The fourth-order valence-corrected chi connectivity index (χ4v) is 1.79. The highest BCUT2D eigenvalue weighted by Gasteiger charge is 2.04. The van der Waals surface area contributed by atoms with Crippen molar-refractivity contribution < 1.29 is 0 Å². The number of hydrogen-bond donors (Lipinski definition) is 0. The molecule has 76 valence electrons. The molecule has 0 unspecified atom stereocenters. The molecule has 0 amide bonds. The van der Waals surface area contributed by atoms with Gasteiger partial charge in [-0.25, -0.2) is 9.97 Å². The number of rotatable bonds is 3. The zero-order valence-corrected chi connectivity index (χ0v) is 8.85. The summed E-state index contributed by atoms with van der Waals surface area (Å²) in [6.07, 6.45) is 5.50. The van der Waals surface area contributed by atoms with Crippen molar-refractivity contribution in [2.75, 3.05) is 6.26 Å².